The maximum atomic E-state index is 13.8. The fourth-order valence-electron chi connectivity index (χ4n) is 2.69. The fourth-order valence-corrected chi connectivity index (χ4v) is 2.69. The Morgan fingerprint density at radius 3 is 2.44 bits per heavy atom. The third-order valence-corrected chi connectivity index (χ3v) is 4.16. The summed E-state index contributed by atoms with van der Waals surface area (Å²) < 4.78 is 37.8. The number of methoxy groups -OCH3 is 1. The molecule has 0 saturated carbocycles. The van der Waals surface area contributed by atoms with Gasteiger partial charge in [-0.15, -0.1) is 6.58 Å². The van der Waals surface area contributed by atoms with Crippen molar-refractivity contribution in [3.05, 3.63) is 77.9 Å². The standard InChI is InChI=1S/C21H24F2O2/c1-4-16(12-18-7-8-19(22)13-21(18)23)11-15(2)25-14-17-5-9-20(24-3)10-6-17/h4-10,13,15-16H,1,11-12,14H2,2-3H3. The van der Waals surface area contributed by atoms with Crippen LogP contribution in [-0.2, 0) is 17.8 Å². The lowest BCUT2D eigenvalue weighted by Crippen LogP contribution is -2.15. The van der Waals surface area contributed by atoms with Gasteiger partial charge in [0.1, 0.15) is 17.4 Å². The Hall–Kier alpha value is -2.20. The van der Waals surface area contributed by atoms with Crippen molar-refractivity contribution in [2.45, 2.75) is 32.5 Å². The largest absolute Gasteiger partial charge is 0.497 e. The monoisotopic (exact) mass is 346 g/mol. The Morgan fingerprint density at radius 2 is 1.84 bits per heavy atom. The summed E-state index contributed by atoms with van der Waals surface area (Å²) in [6.45, 7) is 6.32. The molecule has 0 spiro atoms. The van der Waals surface area contributed by atoms with E-state index in [0.717, 1.165) is 23.8 Å². The van der Waals surface area contributed by atoms with Gasteiger partial charge < -0.3 is 9.47 Å². The molecule has 2 rings (SSSR count). The van der Waals surface area contributed by atoms with Gasteiger partial charge in [0.25, 0.3) is 0 Å². The molecule has 0 radical (unpaired) electrons. The molecule has 0 aliphatic rings. The van der Waals surface area contributed by atoms with E-state index in [2.05, 4.69) is 6.58 Å². The third-order valence-electron chi connectivity index (χ3n) is 4.16. The number of rotatable bonds is 9. The maximum absolute atomic E-state index is 13.8. The first kappa shape index (κ1) is 19.1. The first-order valence-corrected chi connectivity index (χ1v) is 8.32. The van der Waals surface area contributed by atoms with E-state index in [1.165, 1.54) is 12.1 Å². The summed E-state index contributed by atoms with van der Waals surface area (Å²) in [5.74, 6) is -0.207. The molecule has 2 atom stereocenters. The van der Waals surface area contributed by atoms with E-state index in [1.54, 1.807) is 13.2 Å². The lowest BCUT2D eigenvalue weighted by molar-refractivity contribution is 0.0404. The van der Waals surface area contributed by atoms with Gasteiger partial charge in [-0.25, -0.2) is 8.78 Å². The quantitative estimate of drug-likeness (QED) is 0.573. The summed E-state index contributed by atoms with van der Waals surface area (Å²) in [4.78, 5) is 0. The number of benzene rings is 2. The highest BCUT2D eigenvalue weighted by Crippen LogP contribution is 2.21. The van der Waals surface area contributed by atoms with Crippen LogP contribution in [0.4, 0.5) is 8.78 Å². The van der Waals surface area contributed by atoms with Crippen LogP contribution >= 0.6 is 0 Å². The lowest BCUT2D eigenvalue weighted by atomic mass is 9.94. The molecule has 2 aromatic carbocycles. The molecule has 0 amide bonds. The average Bonchev–Trinajstić information content (AvgIpc) is 2.62. The first-order chi connectivity index (χ1) is 12.0. The molecule has 25 heavy (non-hydrogen) atoms. The molecule has 0 bridgehead atoms. The van der Waals surface area contributed by atoms with Gasteiger partial charge in [-0.05, 0) is 55.0 Å². The molecule has 0 aromatic heterocycles. The third kappa shape index (κ3) is 5.98. The SMILES string of the molecule is C=CC(Cc1ccc(F)cc1F)CC(C)OCc1ccc(OC)cc1. The van der Waals surface area contributed by atoms with Gasteiger partial charge in [0.2, 0.25) is 0 Å². The second-order valence-electron chi connectivity index (χ2n) is 6.14. The predicted molar refractivity (Wildman–Crippen MR) is 95.6 cm³/mol. The molecular formula is C21H24F2O2. The van der Waals surface area contributed by atoms with E-state index in [9.17, 15) is 8.78 Å². The molecule has 2 nitrogen and oxygen atoms in total. The minimum absolute atomic E-state index is 0.00592. The minimum Gasteiger partial charge on any atom is -0.497 e. The van der Waals surface area contributed by atoms with Crippen molar-refractivity contribution in [1.82, 2.24) is 0 Å². The Bertz CT molecular complexity index is 683. The smallest absolute Gasteiger partial charge is 0.129 e. The molecular weight excluding hydrogens is 322 g/mol. The number of hydrogen-bond donors (Lipinski definition) is 0. The zero-order valence-electron chi connectivity index (χ0n) is 14.7. The van der Waals surface area contributed by atoms with Gasteiger partial charge in [-0.3, -0.25) is 0 Å². The van der Waals surface area contributed by atoms with Crippen LogP contribution in [0, 0.1) is 17.6 Å². The van der Waals surface area contributed by atoms with Crippen molar-refractivity contribution in [3.63, 3.8) is 0 Å². The molecule has 4 heteroatoms. The Kier molecular flexibility index (Phi) is 7.14. The van der Waals surface area contributed by atoms with Crippen LogP contribution in [0.1, 0.15) is 24.5 Å². The van der Waals surface area contributed by atoms with Crippen LogP contribution in [0.25, 0.3) is 0 Å². The molecule has 0 aliphatic heterocycles. The van der Waals surface area contributed by atoms with E-state index < -0.39 is 11.6 Å². The van der Waals surface area contributed by atoms with E-state index in [-0.39, 0.29) is 12.0 Å². The Morgan fingerprint density at radius 1 is 1.12 bits per heavy atom. The van der Waals surface area contributed by atoms with Crippen LogP contribution in [-0.4, -0.2) is 13.2 Å². The molecule has 0 saturated heterocycles. The molecule has 0 fully saturated rings. The van der Waals surface area contributed by atoms with Crippen molar-refractivity contribution < 1.29 is 18.3 Å². The zero-order chi connectivity index (χ0) is 18.2. The number of ether oxygens (including phenoxy) is 2. The van der Waals surface area contributed by atoms with Crippen LogP contribution in [0.2, 0.25) is 0 Å². The Labute approximate surface area is 148 Å². The van der Waals surface area contributed by atoms with Crippen molar-refractivity contribution in [2.75, 3.05) is 7.11 Å². The summed E-state index contributed by atoms with van der Waals surface area (Å²) >= 11 is 0. The number of allylic oxidation sites excluding steroid dienone is 1. The first-order valence-electron chi connectivity index (χ1n) is 8.32. The highest BCUT2D eigenvalue weighted by molar-refractivity contribution is 5.26. The van der Waals surface area contributed by atoms with Crippen molar-refractivity contribution in [1.29, 1.82) is 0 Å². The molecule has 0 N–H and O–H groups in total. The van der Waals surface area contributed by atoms with Gasteiger partial charge in [0.05, 0.1) is 19.8 Å². The van der Waals surface area contributed by atoms with Crippen molar-refractivity contribution in [2.24, 2.45) is 5.92 Å². The minimum atomic E-state index is -0.562. The summed E-state index contributed by atoms with van der Waals surface area (Å²) in [6, 6.07) is 11.4. The summed E-state index contributed by atoms with van der Waals surface area (Å²) in [7, 11) is 1.63. The van der Waals surface area contributed by atoms with Gasteiger partial charge in [-0.2, -0.15) is 0 Å². The summed E-state index contributed by atoms with van der Waals surface area (Å²) in [6.07, 6.45) is 2.99. The van der Waals surface area contributed by atoms with Gasteiger partial charge >= 0.3 is 0 Å². The lowest BCUT2D eigenvalue weighted by Gasteiger charge is -2.19. The van der Waals surface area contributed by atoms with Crippen LogP contribution in [0.15, 0.2) is 55.1 Å². The van der Waals surface area contributed by atoms with Crippen LogP contribution in [0.5, 0.6) is 5.75 Å². The van der Waals surface area contributed by atoms with E-state index in [1.807, 2.05) is 31.2 Å². The van der Waals surface area contributed by atoms with Crippen LogP contribution < -0.4 is 4.74 Å². The average molecular weight is 346 g/mol. The highest BCUT2D eigenvalue weighted by Gasteiger charge is 2.14. The topological polar surface area (TPSA) is 18.5 Å². The molecule has 0 heterocycles. The summed E-state index contributed by atoms with van der Waals surface area (Å²) in [5, 5.41) is 0. The zero-order valence-corrected chi connectivity index (χ0v) is 14.7. The predicted octanol–water partition coefficient (Wildman–Crippen LogP) is 5.31. The van der Waals surface area contributed by atoms with Gasteiger partial charge in [0.15, 0.2) is 0 Å². The number of hydrogen-bond acceptors (Lipinski definition) is 2. The van der Waals surface area contributed by atoms with Crippen molar-refractivity contribution in [3.8, 4) is 5.75 Å². The second kappa shape index (κ2) is 9.33. The molecule has 134 valence electrons. The van der Waals surface area contributed by atoms with Crippen molar-refractivity contribution >= 4 is 0 Å². The van der Waals surface area contributed by atoms with E-state index in [0.29, 0.717) is 18.6 Å². The molecule has 2 aromatic rings. The number of halogens is 2. The summed E-state index contributed by atoms with van der Waals surface area (Å²) in [5.41, 5.74) is 1.56. The fraction of sp³-hybridized carbons (Fsp3) is 0.333. The normalized spacial score (nSPS) is 13.3. The van der Waals surface area contributed by atoms with E-state index in [4.69, 9.17) is 9.47 Å². The van der Waals surface area contributed by atoms with Gasteiger partial charge in [0, 0.05) is 6.07 Å². The van der Waals surface area contributed by atoms with Crippen LogP contribution in [0.3, 0.4) is 0 Å². The molecule has 2 unspecified atom stereocenters. The molecule has 0 aliphatic carbocycles. The highest BCUT2D eigenvalue weighted by atomic mass is 19.1. The van der Waals surface area contributed by atoms with Gasteiger partial charge in [-0.1, -0.05) is 24.3 Å². The maximum Gasteiger partial charge on any atom is 0.129 e. The Balaban J connectivity index is 1.86. The van der Waals surface area contributed by atoms with E-state index >= 15 is 0 Å². The second-order valence-corrected chi connectivity index (χ2v) is 6.14.